The highest BCUT2D eigenvalue weighted by molar-refractivity contribution is 5.85. The van der Waals surface area contributed by atoms with Crippen molar-refractivity contribution in [3.05, 3.63) is 40.1 Å². The van der Waals surface area contributed by atoms with Crippen molar-refractivity contribution in [2.24, 2.45) is 0 Å². The van der Waals surface area contributed by atoms with Crippen molar-refractivity contribution in [3.8, 4) is 11.6 Å². The molecule has 2 aromatic rings. The topological polar surface area (TPSA) is 104 Å². The van der Waals surface area contributed by atoms with Crippen molar-refractivity contribution in [2.75, 3.05) is 13.1 Å². The second kappa shape index (κ2) is 8.37. The van der Waals surface area contributed by atoms with Gasteiger partial charge in [0.05, 0.1) is 6.42 Å². The number of aromatic nitrogens is 4. The van der Waals surface area contributed by atoms with Crippen LogP contribution in [0, 0.1) is 6.92 Å². The van der Waals surface area contributed by atoms with Gasteiger partial charge in [-0.05, 0) is 26.8 Å². The van der Waals surface area contributed by atoms with Crippen LogP contribution in [0.3, 0.4) is 0 Å². The fourth-order valence-corrected chi connectivity index (χ4v) is 3.14. The van der Waals surface area contributed by atoms with Crippen molar-refractivity contribution in [1.29, 1.82) is 0 Å². The van der Waals surface area contributed by atoms with E-state index in [1.54, 1.807) is 30.3 Å². The van der Waals surface area contributed by atoms with E-state index < -0.39 is 0 Å². The van der Waals surface area contributed by atoms with Gasteiger partial charge < -0.3 is 15.2 Å². The highest BCUT2D eigenvalue weighted by Gasteiger charge is 2.26. The van der Waals surface area contributed by atoms with Gasteiger partial charge in [0.15, 0.2) is 11.6 Å². The molecule has 0 radical (unpaired) electrons. The van der Waals surface area contributed by atoms with Gasteiger partial charge in [0.25, 0.3) is 5.56 Å². The van der Waals surface area contributed by atoms with Crippen molar-refractivity contribution >= 4 is 18.3 Å². The van der Waals surface area contributed by atoms with Crippen LogP contribution in [-0.2, 0) is 11.2 Å². The summed E-state index contributed by atoms with van der Waals surface area (Å²) in [5, 5.41) is 3.39. The molecule has 0 saturated carbocycles. The molecule has 0 aromatic carbocycles. The minimum absolute atomic E-state index is 0. The standard InChI is InChI=1S/C17H22N6O2.ClH/c1-10-8-23(9-11(2)20-10)14(24)7-13-12(3)21-16(22-17(13)25)15-18-5-4-6-19-15;/h4-6,10-11,20H,7-9H2,1-3H3,(H,21,22,25);1H. The zero-order valence-electron chi connectivity index (χ0n) is 15.0. The zero-order valence-corrected chi connectivity index (χ0v) is 15.8. The average Bonchev–Trinajstić information content (AvgIpc) is 2.57. The molecule has 0 spiro atoms. The first-order chi connectivity index (χ1) is 11.9. The van der Waals surface area contributed by atoms with E-state index in [1.165, 1.54) is 0 Å². The first-order valence-electron chi connectivity index (χ1n) is 8.35. The number of amides is 1. The van der Waals surface area contributed by atoms with Crippen LogP contribution in [0.4, 0.5) is 0 Å². The first-order valence-corrected chi connectivity index (χ1v) is 8.35. The molecule has 8 nitrogen and oxygen atoms in total. The molecule has 2 N–H and O–H groups in total. The van der Waals surface area contributed by atoms with Crippen LogP contribution >= 0.6 is 12.4 Å². The fraction of sp³-hybridized carbons (Fsp3) is 0.471. The van der Waals surface area contributed by atoms with Crippen molar-refractivity contribution in [1.82, 2.24) is 30.2 Å². The quantitative estimate of drug-likeness (QED) is 0.815. The Morgan fingerprint density at radius 2 is 1.85 bits per heavy atom. The summed E-state index contributed by atoms with van der Waals surface area (Å²) in [6.45, 7) is 7.11. The number of nitrogens with one attached hydrogen (secondary N) is 2. The number of nitrogens with zero attached hydrogens (tertiary/aromatic N) is 4. The average molecular weight is 379 g/mol. The highest BCUT2D eigenvalue weighted by atomic mass is 35.5. The number of carbonyl (C=O) groups is 1. The van der Waals surface area contributed by atoms with E-state index in [0.29, 0.717) is 36.0 Å². The number of hydrogen-bond donors (Lipinski definition) is 2. The molecule has 3 rings (SSSR count). The Bertz CT molecular complexity index is 816. The van der Waals surface area contributed by atoms with Gasteiger partial charge in [-0.2, -0.15) is 0 Å². The molecular weight excluding hydrogens is 356 g/mol. The Morgan fingerprint density at radius 3 is 2.42 bits per heavy atom. The molecule has 0 aliphatic carbocycles. The SMILES string of the molecule is Cc1nc(-c2ncccn2)[nH]c(=O)c1CC(=O)N1CC(C)NC(C)C1.Cl. The summed E-state index contributed by atoms with van der Waals surface area (Å²) in [5.74, 6) is 0.605. The van der Waals surface area contributed by atoms with E-state index in [4.69, 9.17) is 0 Å². The normalized spacial score (nSPS) is 19.7. The van der Waals surface area contributed by atoms with Gasteiger partial charge in [-0.1, -0.05) is 0 Å². The Labute approximate surface area is 157 Å². The maximum Gasteiger partial charge on any atom is 0.255 e. The molecule has 2 atom stereocenters. The summed E-state index contributed by atoms with van der Waals surface area (Å²) >= 11 is 0. The molecular formula is C17H23ClN6O2. The summed E-state index contributed by atoms with van der Waals surface area (Å²) < 4.78 is 0. The third-order valence-corrected chi connectivity index (χ3v) is 4.24. The molecule has 2 aromatic heterocycles. The molecule has 2 unspecified atom stereocenters. The molecule has 140 valence electrons. The van der Waals surface area contributed by atoms with Gasteiger partial charge in [0.1, 0.15) is 0 Å². The predicted molar refractivity (Wildman–Crippen MR) is 100 cm³/mol. The van der Waals surface area contributed by atoms with Gasteiger partial charge in [-0.3, -0.25) is 9.59 Å². The molecule has 9 heteroatoms. The van der Waals surface area contributed by atoms with E-state index in [0.717, 1.165) is 0 Å². The number of piperazine rings is 1. The first kappa shape index (κ1) is 20.0. The van der Waals surface area contributed by atoms with Crippen LogP contribution in [0.2, 0.25) is 0 Å². The number of aromatic amines is 1. The second-order valence-corrected chi connectivity index (χ2v) is 6.50. The Morgan fingerprint density at radius 1 is 1.23 bits per heavy atom. The molecule has 3 heterocycles. The van der Waals surface area contributed by atoms with Gasteiger partial charge in [0.2, 0.25) is 5.91 Å². The van der Waals surface area contributed by atoms with Crippen LogP contribution in [0.15, 0.2) is 23.3 Å². The molecule has 1 fully saturated rings. The molecule has 1 aliphatic rings. The molecule has 0 bridgehead atoms. The Hall–Kier alpha value is -2.32. The fourth-order valence-electron chi connectivity index (χ4n) is 3.14. The minimum Gasteiger partial charge on any atom is -0.339 e. The summed E-state index contributed by atoms with van der Waals surface area (Å²) in [5.41, 5.74) is 0.596. The monoisotopic (exact) mass is 378 g/mol. The van der Waals surface area contributed by atoms with Gasteiger partial charge in [-0.25, -0.2) is 15.0 Å². The van der Waals surface area contributed by atoms with Gasteiger partial charge >= 0.3 is 0 Å². The summed E-state index contributed by atoms with van der Waals surface area (Å²) in [7, 11) is 0. The zero-order chi connectivity index (χ0) is 18.0. The third kappa shape index (κ3) is 4.44. The maximum atomic E-state index is 12.6. The third-order valence-electron chi connectivity index (χ3n) is 4.24. The van der Waals surface area contributed by atoms with Crippen molar-refractivity contribution < 1.29 is 4.79 Å². The van der Waals surface area contributed by atoms with Crippen molar-refractivity contribution in [2.45, 2.75) is 39.3 Å². The van der Waals surface area contributed by atoms with E-state index in [-0.39, 0.29) is 42.4 Å². The minimum atomic E-state index is -0.320. The summed E-state index contributed by atoms with van der Waals surface area (Å²) in [6.07, 6.45) is 3.22. The second-order valence-electron chi connectivity index (χ2n) is 6.50. The molecule has 26 heavy (non-hydrogen) atoms. The maximum absolute atomic E-state index is 12.6. The van der Waals surface area contributed by atoms with E-state index >= 15 is 0 Å². The van der Waals surface area contributed by atoms with Gasteiger partial charge in [0, 0.05) is 48.8 Å². The molecule has 1 amide bonds. The largest absolute Gasteiger partial charge is 0.339 e. The van der Waals surface area contributed by atoms with Crippen LogP contribution in [-0.4, -0.2) is 55.9 Å². The number of rotatable bonds is 3. The van der Waals surface area contributed by atoms with Crippen LogP contribution in [0.25, 0.3) is 11.6 Å². The van der Waals surface area contributed by atoms with E-state index in [1.807, 2.05) is 13.8 Å². The van der Waals surface area contributed by atoms with E-state index in [9.17, 15) is 9.59 Å². The van der Waals surface area contributed by atoms with Gasteiger partial charge in [-0.15, -0.1) is 12.4 Å². The van der Waals surface area contributed by atoms with Crippen molar-refractivity contribution in [3.63, 3.8) is 0 Å². The number of halogens is 1. The summed E-state index contributed by atoms with van der Waals surface area (Å²) in [4.78, 5) is 42.1. The van der Waals surface area contributed by atoms with Crippen LogP contribution in [0.1, 0.15) is 25.1 Å². The van der Waals surface area contributed by atoms with E-state index in [2.05, 4.69) is 25.3 Å². The Balaban J connectivity index is 0.00000243. The lowest BCUT2D eigenvalue weighted by Gasteiger charge is -2.36. The molecule has 1 aliphatic heterocycles. The lowest BCUT2D eigenvalue weighted by Crippen LogP contribution is -2.56. The number of H-pyrrole nitrogens is 1. The lowest BCUT2D eigenvalue weighted by molar-refractivity contribution is -0.132. The highest BCUT2D eigenvalue weighted by Crippen LogP contribution is 2.11. The lowest BCUT2D eigenvalue weighted by atomic mass is 10.1. The number of carbonyl (C=O) groups excluding carboxylic acids is 1. The molecule has 1 saturated heterocycles. The Kier molecular flexibility index (Phi) is 6.44. The van der Waals surface area contributed by atoms with Crippen LogP contribution in [0.5, 0.6) is 0 Å². The number of hydrogen-bond acceptors (Lipinski definition) is 6. The van der Waals surface area contributed by atoms with Crippen LogP contribution < -0.4 is 10.9 Å². The smallest absolute Gasteiger partial charge is 0.255 e. The summed E-state index contributed by atoms with van der Waals surface area (Å²) in [6, 6.07) is 2.17. The number of aryl methyl sites for hydroxylation is 1. The predicted octanol–water partition coefficient (Wildman–Crippen LogP) is 0.708.